The van der Waals surface area contributed by atoms with Gasteiger partial charge in [-0.2, -0.15) is 5.10 Å². The van der Waals surface area contributed by atoms with E-state index in [-0.39, 0.29) is 11.6 Å². The molecule has 0 saturated carbocycles. The molecule has 0 radical (unpaired) electrons. The summed E-state index contributed by atoms with van der Waals surface area (Å²) >= 11 is 0. The van der Waals surface area contributed by atoms with Crippen molar-refractivity contribution in [2.45, 2.75) is 13.0 Å². The van der Waals surface area contributed by atoms with Crippen LogP contribution in [0.15, 0.2) is 23.1 Å². The molecule has 1 unspecified atom stereocenters. The van der Waals surface area contributed by atoms with Crippen molar-refractivity contribution in [2.75, 3.05) is 26.0 Å². The molecule has 2 aromatic rings. The highest BCUT2D eigenvalue weighted by molar-refractivity contribution is 5.86. The lowest BCUT2D eigenvalue weighted by Crippen LogP contribution is -2.31. The van der Waals surface area contributed by atoms with Crippen molar-refractivity contribution >= 4 is 16.7 Å². The maximum atomic E-state index is 12.0. The standard InChI is InChI=1S/C13H19N5O/c1-9(8-17(2)3)15-12-11-10(6-5-7-14-11)13(19)18(4)16-12/h5-7,9H,8H2,1-4H3,(H,15,16). The summed E-state index contributed by atoms with van der Waals surface area (Å²) in [6.45, 7) is 2.94. The molecule has 19 heavy (non-hydrogen) atoms. The first kappa shape index (κ1) is 13.5. The Morgan fingerprint density at radius 1 is 1.47 bits per heavy atom. The van der Waals surface area contributed by atoms with Gasteiger partial charge in [0.05, 0.1) is 5.39 Å². The van der Waals surface area contributed by atoms with Gasteiger partial charge >= 0.3 is 0 Å². The molecule has 0 fully saturated rings. The number of hydrogen-bond donors (Lipinski definition) is 1. The third-order valence-corrected chi connectivity index (χ3v) is 2.83. The summed E-state index contributed by atoms with van der Waals surface area (Å²) in [6.07, 6.45) is 1.67. The Balaban J connectivity index is 2.43. The fraction of sp³-hybridized carbons (Fsp3) is 0.462. The van der Waals surface area contributed by atoms with Gasteiger partial charge in [-0.25, -0.2) is 4.68 Å². The lowest BCUT2D eigenvalue weighted by Gasteiger charge is -2.19. The largest absolute Gasteiger partial charge is 0.363 e. The van der Waals surface area contributed by atoms with Crippen molar-refractivity contribution in [3.63, 3.8) is 0 Å². The van der Waals surface area contributed by atoms with E-state index in [0.29, 0.717) is 16.7 Å². The molecule has 0 aromatic carbocycles. The van der Waals surface area contributed by atoms with E-state index in [0.717, 1.165) is 6.54 Å². The van der Waals surface area contributed by atoms with Crippen LogP contribution in [0, 0.1) is 0 Å². The lowest BCUT2D eigenvalue weighted by molar-refractivity contribution is 0.391. The van der Waals surface area contributed by atoms with E-state index in [1.807, 2.05) is 14.1 Å². The Labute approximate surface area is 112 Å². The van der Waals surface area contributed by atoms with Crippen LogP contribution in [0.5, 0.6) is 0 Å². The summed E-state index contributed by atoms with van der Waals surface area (Å²) < 4.78 is 1.34. The number of aryl methyl sites for hydroxylation is 1. The molecule has 1 N–H and O–H groups in total. The molecule has 1 atom stereocenters. The van der Waals surface area contributed by atoms with Crippen molar-refractivity contribution in [3.8, 4) is 0 Å². The van der Waals surface area contributed by atoms with Gasteiger partial charge in [0.2, 0.25) is 0 Å². The number of fused-ring (bicyclic) bond motifs is 1. The molecule has 6 nitrogen and oxygen atoms in total. The maximum Gasteiger partial charge on any atom is 0.276 e. The quantitative estimate of drug-likeness (QED) is 0.877. The Morgan fingerprint density at radius 3 is 2.89 bits per heavy atom. The third kappa shape index (κ3) is 2.90. The van der Waals surface area contributed by atoms with E-state index in [1.165, 1.54) is 4.68 Å². The van der Waals surface area contributed by atoms with Gasteiger partial charge in [-0.15, -0.1) is 0 Å². The second-order valence-corrected chi connectivity index (χ2v) is 4.98. The van der Waals surface area contributed by atoms with Gasteiger partial charge in [0.25, 0.3) is 5.56 Å². The summed E-state index contributed by atoms with van der Waals surface area (Å²) in [7, 11) is 5.68. The predicted molar refractivity (Wildman–Crippen MR) is 76.4 cm³/mol. The number of nitrogens with one attached hydrogen (secondary N) is 1. The topological polar surface area (TPSA) is 63.1 Å². The SMILES string of the molecule is CC(CN(C)C)Nc1nn(C)c(=O)c2cccnc12. The normalized spacial score (nSPS) is 12.9. The number of rotatable bonds is 4. The average Bonchev–Trinajstić information content (AvgIpc) is 2.34. The summed E-state index contributed by atoms with van der Waals surface area (Å²) in [6, 6.07) is 3.75. The van der Waals surface area contributed by atoms with E-state index < -0.39 is 0 Å². The first-order valence-corrected chi connectivity index (χ1v) is 6.22. The van der Waals surface area contributed by atoms with Gasteiger partial charge in [-0.1, -0.05) is 0 Å². The molecule has 0 saturated heterocycles. The Morgan fingerprint density at radius 2 is 2.21 bits per heavy atom. The highest BCUT2D eigenvalue weighted by atomic mass is 16.1. The predicted octanol–water partition coefficient (Wildman–Crippen LogP) is 0.690. The van der Waals surface area contributed by atoms with E-state index in [1.54, 1.807) is 25.4 Å². The van der Waals surface area contributed by atoms with Crippen LogP contribution >= 0.6 is 0 Å². The van der Waals surface area contributed by atoms with Gasteiger partial charge in [0.1, 0.15) is 5.52 Å². The van der Waals surface area contributed by atoms with Crippen LogP contribution < -0.4 is 10.9 Å². The van der Waals surface area contributed by atoms with Gasteiger partial charge in [0.15, 0.2) is 5.82 Å². The first-order chi connectivity index (χ1) is 8.99. The van der Waals surface area contributed by atoms with Gasteiger partial charge < -0.3 is 10.2 Å². The van der Waals surface area contributed by atoms with Crippen molar-refractivity contribution in [3.05, 3.63) is 28.7 Å². The minimum atomic E-state index is -0.131. The van der Waals surface area contributed by atoms with Crippen LogP contribution in [0.3, 0.4) is 0 Å². The molecule has 102 valence electrons. The number of nitrogens with zero attached hydrogens (tertiary/aromatic N) is 4. The monoisotopic (exact) mass is 261 g/mol. The molecule has 0 aliphatic heterocycles. The molecular formula is C13H19N5O. The smallest absolute Gasteiger partial charge is 0.276 e. The fourth-order valence-corrected chi connectivity index (χ4v) is 2.11. The van der Waals surface area contributed by atoms with E-state index in [2.05, 4.69) is 27.2 Å². The molecule has 2 heterocycles. The second-order valence-electron chi connectivity index (χ2n) is 4.98. The fourth-order valence-electron chi connectivity index (χ4n) is 2.11. The zero-order valence-corrected chi connectivity index (χ0v) is 11.7. The van der Waals surface area contributed by atoms with Gasteiger partial charge in [0, 0.05) is 25.8 Å². The minimum Gasteiger partial charge on any atom is -0.363 e. The molecule has 0 amide bonds. The highest BCUT2D eigenvalue weighted by Crippen LogP contribution is 2.15. The maximum absolute atomic E-state index is 12.0. The van der Waals surface area contributed by atoms with Crippen LogP contribution in [0.2, 0.25) is 0 Å². The molecular weight excluding hydrogens is 242 g/mol. The van der Waals surface area contributed by atoms with Crippen molar-refractivity contribution in [1.29, 1.82) is 0 Å². The average molecular weight is 261 g/mol. The lowest BCUT2D eigenvalue weighted by atomic mass is 10.2. The van der Waals surface area contributed by atoms with E-state index in [9.17, 15) is 4.79 Å². The second kappa shape index (κ2) is 5.36. The number of hydrogen-bond acceptors (Lipinski definition) is 5. The first-order valence-electron chi connectivity index (χ1n) is 6.22. The van der Waals surface area contributed by atoms with Crippen LogP contribution in [-0.4, -0.2) is 46.3 Å². The van der Waals surface area contributed by atoms with Crippen LogP contribution in [0.1, 0.15) is 6.92 Å². The third-order valence-electron chi connectivity index (χ3n) is 2.83. The van der Waals surface area contributed by atoms with Crippen LogP contribution in [0.25, 0.3) is 10.9 Å². The summed E-state index contributed by atoms with van der Waals surface area (Å²) in [5, 5.41) is 8.15. The number of pyridine rings is 1. The van der Waals surface area contributed by atoms with E-state index >= 15 is 0 Å². The molecule has 6 heteroatoms. The Hall–Kier alpha value is -1.95. The zero-order valence-electron chi connectivity index (χ0n) is 11.7. The summed E-state index contributed by atoms with van der Waals surface area (Å²) in [5.41, 5.74) is 0.491. The summed E-state index contributed by atoms with van der Waals surface area (Å²) in [4.78, 5) is 18.3. The van der Waals surface area contributed by atoms with Gasteiger partial charge in [-0.3, -0.25) is 9.78 Å². The van der Waals surface area contributed by atoms with Crippen molar-refractivity contribution < 1.29 is 0 Å². The number of aromatic nitrogens is 3. The van der Waals surface area contributed by atoms with Crippen molar-refractivity contribution in [1.82, 2.24) is 19.7 Å². The van der Waals surface area contributed by atoms with Crippen LogP contribution in [0.4, 0.5) is 5.82 Å². The molecule has 0 bridgehead atoms. The number of anilines is 1. The zero-order chi connectivity index (χ0) is 14.0. The Bertz CT molecular complexity index is 634. The molecule has 0 spiro atoms. The van der Waals surface area contributed by atoms with Crippen LogP contribution in [-0.2, 0) is 7.05 Å². The molecule has 2 aromatic heterocycles. The molecule has 0 aliphatic rings. The highest BCUT2D eigenvalue weighted by Gasteiger charge is 2.12. The molecule has 2 rings (SSSR count). The van der Waals surface area contributed by atoms with Gasteiger partial charge in [-0.05, 0) is 33.2 Å². The Kier molecular flexibility index (Phi) is 3.80. The molecule has 0 aliphatic carbocycles. The number of likely N-dealkylation sites (N-methyl/N-ethyl adjacent to an activating group) is 1. The summed E-state index contributed by atoms with van der Waals surface area (Å²) in [5.74, 6) is 0.645. The van der Waals surface area contributed by atoms with Crippen molar-refractivity contribution in [2.24, 2.45) is 7.05 Å². The van der Waals surface area contributed by atoms with E-state index in [4.69, 9.17) is 0 Å². The minimum absolute atomic E-state index is 0.131.